The Morgan fingerprint density at radius 1 is 1.27 bits per heavy atom. The van der Waals surface area contributed by atoms with E-state index in [0.717, 1.165) is 23.6 Å². The van der Waals surface area contributed by atoms with E-state index in [-0.39, 0.29) is 25.0 Å². The molecule has 0 radical (unpaired) electrons. The largest absolute Gasteiger partial charge is 0.433 e. The lowest BCUT2D eigenvalue weighted by Crippen LogP contribution is -2.31. The molecule has 0 atom stereocenters. The van der Waals surface area contributed by atoms with Gasteiger partial charge in [-0.05, 0) is 25.5 Å². The minimum absolute atomic E-state index is 0.120. The number of nitrogens with zero attached hydrogens (tertiary/aromatic N) is 5. The minimum atomic E-state index is -4.51. The van der Waals surface area contributed by atoms with Gasteiger partial charge in [-0.2, -0.15) is 13.2 Å². The van der Waals surface area contributed by atoms with Crippen molar-refractivity contribution in [2.24, 2.45) is 0 Å². The van der Waals surface area contributed by atoms with Gasteiger partial charge in [-0.3, -0.25) is 14.7 Å². The molecule has 3 amide bonds. The second-order valence-corrected chi connectivity index (χ2v) is 8.41. The van der Waals surface area contributed by atoms with Gasteiger partial charge in [-0.25, -0.2) is 9.78 Å². The molecule has 1 aliphatic heterocycles. The maximum Gasteiger partial charge on any atom is 0.433 e. The zero-order chi connectivity index (χ0) is 23.8. The molecule has 0 unspecified atom stereocenters. The Bertz CT molecular complexity index is 1170. The second kappa shape index (κ2) is 8.81. The summed E-state index contributed by atoms with van der Waals surface area (Å²) in [6.07, 6.45) is -3.40. The summed E-state index contributed by atoms with van der Waals surface area (Å²) >= 11 is 1.10. The first-order valence-electron chi connectivity index (χ1n) is 9.88. The smallest absolute Gasteiger partial charge is 0.361 e. The number of aryl methyl sites for hydroxylation is 2. The topological polar surface area (TPSA) is 104 Å². The van der Waals surface area contributed by atoms with Crippen LogP contribution >= 0.6 is 11.3 Å². The maximum absolute atomic E-state index is 12.8. The van der Waals surface area contributed by atoms with Gasteiger partial charge in [0.05, 0.1) is 12.2 Å². The van der Waals surface area contributed by atoms with Gasteiger partial charge in [0.25, 0.3) is 5.91 Å². The first-order valence-corrected chi connectivity index (χ1v) is 10.7. The number of halogens is 3. The predicted octanol–water partition coefficient (Wildman–Crippen LogP) is 3.53. The lowest BCUT2D eigenvalue weighted by atomic mass is 10.2. The minimum Gasteiger partial charge on any atom is -0.361 e. The second-order valence-electron chi connectivity index (χ2n) is 7.43. The Balaban J connectivity index is 1.39. The van der Waals surface area contributed by atoms with Crippen LogP contribution in [0.3, 0.4) is 0 Å². The third-order valence-corrected chi connectivity index (χ3v) is 6.09. The van der Waals surface area contributed by atoms with Crippen LogP contribution in [0.25, 0.3) is 0 Å². The molecule has 1 N–H and O–H groups in total. The van der Waals surface area contributed by atoms with E-state index in [1.165, 1.54) is 15.9 Å². The lowest BCUT2D eigenvalue weighted by molar-refractivity contribution is -0.141. The van der Waals surface area contributed by atoms with Crippen LogP contribution in [0.1, 0.15) is 38.1 Å². The Morgan fingerprint density at radius 2 is 2.06 bits per heavy atom. The molecule has 1 aliphatic rings. The highest BCUT2D eigenvalue weighted by atomic mass is 32.1. The van der Waals surface area contributed by atoms with Crippen LogP contribution in [-0.2, 0) is 19.3 Å². The van der Waals surface area contributed by atoms with Crippen molar-refractivity contribution in [2.45, 2.75) is 33.1 Å². The van der Waals surface area contributed by atoms with Crippen LogP contribution in [0.15, 0.2) is 28.9 Å². The molecule has 33 heavy (non-hydrogen) atoms. The number of alkyl halides is 3. The number of carbonyl (C=O) groups excluding carboxylic acids is 2. The highest BCUT2D eigenvalue weighted by Gasteiger charge is 2.34. The van der Waals surface area contributed by atoms with Crippen molar-refractivity contribution in [1.29, 1.82) is 0 Å². The summed E-state index contributed by atoms with van der Waals surface area (Å²) in [5.74, 6) is 0.302. The number of urea groups is 1. The van der Waals surface area contributed by atoms with Crippen LogP contribution in [0.4, 0.5) is 23.1 Å². The van der Waals surface area contributed by atoms with Crippen molar-refractivity contribution in [3.05, 3.63) is 57.7 Å². The van der Waals surface area contributed by atoms with Crippen molar-refractivity contribution in [3.63, 3.8) is 0 Å². The Kier molecular flexibility index (Phi) is 6.06. The maximum atomic E-state index is 12.8. The van der Waals surface area contributed by atoms with Crippen LogP contribution in [0.5, 0.6) is 0 Å². The summed E-state index contributed by atoms with van der Waals surface area (Å²) in [5.41, 5.74) is 0.577. The quantitative estimate of drug-likeness (QED) is 0.579. The monoisotopic (exact) mass is 480 g/mol. The van der Waals surface area contributed by atoms with Gasteiger partial charge in [0, 0.05) is 31.9 Å². The molecule has 4 heterocycles. The number of amides is 3. The summed E-state index contributed by atoms with van der Waals surface area (Å²) in [4.78, 5) is 36.5. The molecule has 0 aromatic carbocycles. The van der Waals surface area contributed by atoms with Gasteiger partial charge < -0.3 is 14.7 Å². The zero-order valence-corrected chi connectivity index (χ0v) is 18.5. The molecule has 0 aliphatic carbocycles. The molecule has 13 heteroatoms. The van der Waals surface area contributed by atoms with Crippen molar-refractivity contribution in [2.75, 3.05) is 18.0 Å². The van der Waals surface area contributed by atoms with Gasteiger partial charge >= 0.3 is 12.2 Å². The van der Waals surface area contributed by atoms with Gasteiger partial charge in [0.1, 0.15) is 22.0 Å². The molecular weight excluding hydrogens is 461 g/mol. The van der Waals surface area contributed by atoms with Crippen LogP contribution in [0, 0.1) is 13.8 Å². The molecule has 0 saturated carbocycles. The average Bonchev–Trinajstić information content (AvgIpc) is 3.45. The number of nitrogens with one attached hydrogen (secondary N) is 1. The highest BCUT2D eigenvalue weighted by molar-refractivity contribution is 7.17. The number of pyridine rings is 1. The normalized spacial score (nSPS) is 14.3. The number of anilines is 1. The Morgan fingerprint density at radius 3 is 2.70 bits per heavy atom. The SMILES string of the molecule is Cc1cc(CNC(=O)c2sc(N3CCN(Cc4ccc(C(F)(F)F)nc4)C3=O)nc2C)no1. The number of aromatic nitrogens is 3. The van der Waals surface area contributed by atoms with Crippen molar-refractivity contribution in [1.82, 2.24) is 25.3 Å². The summed E-state index contributed by atoms with van der Waals surface area (Å²) in [6.45, 7) is 4.46. The van der Waals surface area contributed by atoms with Crippen LogP contribution < -0.4 is 10.2 Å². The third-order valence-electron chi connectivity index (χ3n) is 4.91. The fourth-order valence-corrected chi connectivity index (χ4v) is 4.28. The number of hydrogen-bond acceptors (Lipinski definition) is 7. The summed E-state index contributed by atoms with van der Waals surface area (Å²) in [5, 5.41) is 6.95. The van der Waals surface area contributed by atoms with Crippen molar-refractivity contribution >= 4 is 28.4 Å². The fourth-order valence-electron chi connectivity index (χ4n) is 3.27. The van der Waals surface area contributed by atoms with Crippen molar-refractivity contribution < 1.29 is 27.3 Å². The van der Waals surface area contributed by atoms with Gasteiger partial charge in [0.15, 0.2) is 5.13 Å². The molecule has 1 saturated heterocycles. The van der Waals surface area contributed by atoms with E-state index < -0.39 is 11.9 Å². The van der Waals surface area contributed by atoms with E-state index in [1.807, 2.05) is 0 Å². The first-order chi connectivity index (χ1) is 15.6. The van der Waals surface area contributed by atoms with E-state index in [1.54, 1.807) is 19.9 Å². The highest BCUT2D eigenvalue weighted by Crippen LogP contribution is 2.30. The van der Waals surface area contributed by atoms with Gasteiger partial charge in [-0.15, -0.1) is 0 Å². The Hall–Kier alpha value is -3.48. The zero-order valence-electron chi connectivity index (χ0n) is 17.6. The number of rotatable bonds is 6. The van der Waals surface area contributed by atoms with E-state index in [4.69, 9.17) is 4.52 Å². The summed E-state index contributed by atoms with van der Waals surface area (Å²) < 4.78 is 43.0. The summed E-state index contributed by atoms with van der Waals surface area (Å²) in [7, 11) is 0. The fraction of sp³-hybridized carbons (Fsp3) is 0.350. The third kappa shape index (κ3) is 4.97. The molecule has 1 fully saturated rings. The summed E-state index contributed by atoms with van der Waals surface area (Å²) in [6, 6.07) is 3.57. The van der Waals surface area contributed by atoms with E-state index in [0.29, 0.717) is 45.8 Å². The Labute approximate surface area is 190 Å². The van der Waals surface area contributed by atoms with Crippen LogP contribution in [0.2, 0.25) is 0 Å². The predicted molar refractivity (Wildman–Crippen MR) is 112 cm³/mol. The lowest BCUT2D eigenvalue weighted by Gasteiger charge is -2.17. The molecule has 3 aromatic heterocycles. The molecule has 9 nitrogen and oxygen atoms in total. The average molecular weight is 480 g/mol. The molecule has 4 rings (SSSR count). The van der Waals surface area contributed by atoms with Gasteiger partial charge in [0.2, 0.25) is 0 Å². The molecule has 0 bridgehead atoms. The van der Waals surface area contributed by atoms with Crippen LogP contribution in [-0.4, -0.2) is 45.1 Å². The molecule has 174 valence electrons. The molecule has 0 spiro atoms. The number of thiazole rings is 1. The first kappa shape index (κ1) is 22.7. The molecule has 3 aromatic rings. The number of carbonyl (C=O) groups is 2. The molecular formula is C20H19F3N6O3S. The number of hydrogen-bond donors (Lipinski definition) is 1. The van der Waals surface area contributed by atoms with Crippen molar-refractivity contribution in [3.8, 4) is 0 Å². The van der Waals surface area contributed by atoms with E-state index >= 15 is 0 Å². The van der Waals surface area contributed by atoms with E-state index in [9.17, 15) is 22.8 Å². The van der Waals surface area contributed by atoms with E-state index in [2.05, 4.69) is 20.4 Å². The standard InChI is InChI=1S/C20H19F3N6O3S/c1-11-7-14(27-32-11)9-25-17(30)16-12(2)26-18(33-16)29-6-5-28(19(29)31)10-13-3-4-15(24-8-13)20(21,22)23/h3-4,7-8H,5-6,9-10H2,1-2H3,(H,25,30). The van der Waals surface area contributed by atoms with Gasteiger partial charge in [-0.1, -0.05) is 22.6 Å².